The fraction of sp³-hybridized carbons (Fsp3) is 0.471. The highest BCUT2D eigenvalue weighted by Crippen LogP contribution is 2.28. The van der Waals surface area contributed by atoms with Crippen LogP contribution in [0.15, 0.2) is 30.9 Å². The van der Waals surface area contributed by atoms with E-state index in [1.807, 2.05) is 32.0 Å². The Labute approximate surface area is 131 Å². The van der Waals surface area contributed by atoms with Gasteiger partial charge in [-0.1, -0.05) is 32.6 Å². The van der Waals surface area contributed by atoms with Crippen molar-refractivity contribution in [2.24, 2.45) is 5.92 Å². The van der Waals surface area contributed by atoms with E-state index in [-0.39, 0.29) is 0 Å². The maximum atomic E-state index is 11.2. The smallest absolute Gasteiger partial charge is 0.320 e. The number of hydrogen-bond donors (Lipinski definition) is 2. The van der Waals surface area contributed by atoms with E-state index in [9.17, 15) is 9.90 Å². The minimum absolute atomic E-state index is 0.317. The number of carbonyl (C=O) groups is 1. The van der Waals surface area contributed by atoms with Crippen molar-refractivity contribution >= 4 is 5.97 Å². The van der Waals surface area contributed by atoms with E-state index in [1.54, 1.807) is 13.2 Å². The molecule has 0 unspecified atom stereocenters. The molecule has 1 aromatic carbocycles. The molecule has 0 aliphatic heterocycles. The van der Waals surface area contributed by atoms with E-state index >= 15 is 0 Å². The first-order valence-corrected chi connectivity index (χ1v) is 7.34. The summed E-state index contributed by atoms with van der Waals surface area (Å²) in [5.41, 5.74) is 0.942. The van der Waals surface area contributed by atoms with Crippen molar-refractivity contribution in [3.05, 3.63) is 36.4 Å². The van der Waals surface area contributed by atoms with Crippen LogP contribution in [0, 0.1) is 5.92 Å². The number of hydrogen-bond acceptors (Lipinski definition) is 4. The third-order valence-corrected chi connectivity index (χ3v) is 3.14. The fourth-order valence-electron chi connectivity index (χ4n) is 2.07. The van der Waals surface area contributed by atoms with Crippen molar-refractivity contribution in [3.63, 3.8) is 0 Å². The molecule has 0 amide bonds. The average Bonchev–Trinajstić information content (AvgIpc) is 2.49. The zero-order chi connectivity index (χ0) is 16.5. The lowest BCUT2D eigenvalue weighted by Gasteiger charge is -2.17. The van der Waals surface area contributed by atoms with Gasteiger partial charge in [-0.2, -0.15) is 0 Å². The molecule has 22 heavy (non-hydrogen) atoms. The van der Waals surface area contributed by atoms with Gasteiger partial charge in [-0.15, -0.1) is 0 Å². The van der Waals surface area contributed by atoms with Crippen LogP contribution in [0.25, 0.3) is 0 Å². The average molecular weight is 307 g/mol. The number of ether oxygens (including phenoxy) is 2. The lowest BCUT2D eigenvalue weighted by molar-refractivity contribution is -0.140. The van der Waals surface area contributed by atoms with Gasteiger partial charge in [0.05, 0.1) is 7.11 Å². The zero-order valence-corrected chi connectivity index (χ0v) is 13.5. The summed E-state index contributed by atoms with van der Waals surface area (Å²) in [6, 6.07) is 5.00. The molecule has 0 aromatic heterocycles. The number of methoxy groups -OCH3 is 1. The molecule has 0 aliphatic rings. The second kappa shape index (κ2) is 9.10. The van der Waals surface area contributed by atoms with Gasteiger partial charge >= 0.3 is 5.97 Å². The summed E-state index contributed by atoms with van der Waals surface area (Å²) >= 11 is 0. The Bertz CT molecular complexity index is 499. The van der Waals surface area contributed by atoms with Crippen molar-refractivity contribution in [3.8, 4) is 11.5 Å². The third-order valence-electron chi connectivity index (χ3n) is 3.14. The van der Waals surface area contributed by atoms with Crippen molar-refractivity contribution in [2.75, 3.05) is 13.7 Å². The maximum absolute atomic E-state index is 11.2. The van der Waals surface area contributed by atoms with Gasteiger partial charge in [0.2, 0.25) is 0 Å². The molecule has 0 bridgehead atoms. The molecule has 2 N–H and O–H groups in total. The first-order valence-electron chi connectivity index (χ1n) is 7.34. The van der Waals surface area contributed by atoms with E-state index in [4.69, 9.17) is 9.47 Å². The SMILES string of the molecule is C=CCOc1ccc(CN[C@@H](CC(C)C)C(=O)O)cc1OC. The molecule has 0 saturated carbocycles. The maximum Gasteiger partial charge on any atom is 0.320 e. The Kier molecular flexibility index (Phi) is 7.46. The Morgan fingerprint density at radius 3 is 2.68 bits per heavy atom. The summed E-state index contributed by atoms with van der Waals surface area (Å²) in [4.78, 5) is 11.2. The van der Waals surface area contributed by atoms with Crippen LogP contribution in [0.1, 0.15) is 25.8 Å². The van der Waals surface area contributed by atoms with Gasteiger partial charge in [-0.05, 0) is 30.0 Å². The van der Waals surface area contributed by atoms with Gasteiger partial charge in [0.25, 0.3) is 0 Å². The number of rotatable bonds is 10. The van der Waals surface area contributed by atoms with Crippen LogP contribution in [-0.4, -0.2) is 30.8 Å². The van der Waals surface area contributed by atoms with Crippen molar-refractivity contribution in [2.45, 2.75) is 32.9 Å². The van der Waals surface area contributed by atoms with Gasteiger partial charge in [0.1, 0.15) is 12.6 Å². The van der Waals surface area contributed by atoms with Gasteiger partial charge in [0, 0.05) is 6.54 Å². The molecular formula is C17H25NO4. The highest BCUT2D eigenvalue weighted by atomic mass is 16.5. The number of carboxylic acid groups (broad SMARTS) is 1. The quantitative estimate of drug-likeness (QED) is 0.651. The lowest BCUT2D eigenvalue weighted by Crippen LogP contribution is -2.37. The molecule has 1 rings (SSSR count). The van der Waals surface area contributed by atoms with Crippen LogP contribution in [0.3, 0.4) is 0 Å². The predicted molar refractivity (Wildman–Crippen MR) is 86.4 cm³/mol. The number of benzene rings is 1. The Morgan fingerprint density at radius 2 is 2.14 bits per heavy atom. The predicted octanol–water partition coefficient (Wildman–Crippen LogP) is 2.85. The van der Waals surface area contributed by atoms with Crippen molar-refractivity contribution in [1.29, 1.82) is 0 Å². The first kappa shape index (κ1) is 18.0. The van der Waals surface area contributed by atoms with E-state index in [0.29, 0.717) is 37.0 Å². The highest BCUT2D eigenvalue weighted by molar-refractivity contribution is 5.73. The van der Waals surface area contributed by atoms with Crippen molar-refractivity contribution in [1.82, 2.24) is 5.32 Å². The molecule has 0 radical (unpaired) electrons. The van der Waals surface area contributed by atoms with E-state index in [1.165, 1.54) is 0 Å². The monoisotopic (exact) mass is 307 g/mol. The molecule has 0 fully saturated rings. The van der Waals surface area contributed by atoms with Gasteiger partial charge < -0.3 is 19.9 Å². The van der Waals surface area contributed by atoms with Crippen LogP contribution in [0.5, 0.6) is 11.5 Å². The largest absolute Gasteiger partial charge is 0.493 e. The van der Waals surface area contributed by atoms with Crippen LogP contribution in [0.4, 0.5) is 0 Å². The van der Waals surface area contributed by atoms with E-state index in [2.05, 4.69) is 11.9 Å². The van der Waals surface area contributed by atoms with Gasteiger partial charge in [-0.25, -0.2) is 0 Å². The number of aliphatic carboxylic acids is 1. The molecule has 5 nitrogen and oxygen atoms in total. The minimum Gasteiger partial charge on any atom is -0.493 e. The standard InChI is InChI=1S/C17H25NO4/c1-5-8-22-15-7-6-13(10-16(15)21-4)11-18-14(17(19)20)9-12(2)3/h5-7,10,12,14,18H,1,8-9,11H2,2-4H3,(H,19,20)/t14-/m0/s1. The molecule has 0 spiro atoms. The zero-order valence-electron chi connectivity index (χ0n) is 13.5. The number of carboxylic acids is 1. The summed E-state index contributed by atoms with van der Waals surface area (Å²) in [5, 5.41) is 12.3. The van der Waals surface area contributed by atoms with Gasteiger partial charge in [-0.3, -0.25) is 4.79 Å². The number of nitrogens with one attached hydrogen (secondary N) is 1. The first-order chi connectivity index (χ1) is 10.5. The van der Waals surface area contributed by atoms with Crippen LogP contribution >= 0.6 is 0 Å². The minimum atomic E-state index is -0.827. The Balaban J connectivity index is 2.72. The Hall–Kier alpha value is -2.01. The lowest BCUT2D eigenvalue weighted by atomic mass is 10.0. The third kappa shape index (κ3) is 5.77. The molecule has 1 aromatic rings. The summed E-state index contributed by atoms with van der Waals surface area (Å²) < 4.78 is 10.8. The highest BCUT2D eigenvalue weighted by Gasteiger charge is 2.18. The van der Waals surface area contributed by atoms with Crippen LogP contribution in [-0.2, 0) is 11.3 Å². The molecule has 0 aliphatic carbocycles. The fourth-order valence-corrected chi connectivity index (χ4v) is 2.07. The van der Waals surface area contributed by atoms with E-state index < -0.39 is 12.0 Å². The van der Waals surface area contributed by atoms with Crippen LogP contribution < -0.4 is 14.8 Å². The summed E-state index contributed by atoms with van der Waals surface area (Å²) in [5.74, 6) is 0.754. The van der Waals surface area contributed by atoms with Crippen molar-refractivity contribution < 1.29 is 19.4 Å². The summed E-state index contributed by atoms with van der Waals surface area (Å²) in [6.07, 6.45) is 2.26. The summed E-state index contributed by atoms with van der Waals surface area (Å²) in [7, 11) is 1.58. The molecule has 122 valence electrons. The molecule has 0 saturated heterocycles. The summed E-state index contributed by atoms with van der Waals surface area (Å²) in [6.45, 7) is 8.49. The second-order valence-electron chi connectivity index (χ2n) is 5.49. The normalized spacial score (nSPS) is 12.0. The van der Waals surface area contributed by atoms with Gasteiger partial charge in [0.15, 0.2) is 11.5 Å². The topological polar surface area (TPSA) is 67.8 Å². The molecule has 0 heterocycles. The Morgan fingerprint density at radius 1 is 1.41 bits per heavy atom. The molecule has 1 atom stereocenters. The molecule has 5 heteroatoms. The van der Waals surface area contributed by atoms with E-state index in [0.717, 1.165) is 5.56 Å². The second-order valence-corrected chi connectivity index (χ2v) is 5.49. The van der Waals surface area contributed by atoms with Crippen LogP contribution in [0.2, 0.25) is 0 Å². The molecular weight excluding hydrogens is 282 g/mol.